The molecule has 3 atom stereocenters. The van der Waals surface area contributed by atoms with Gasteiger partial charge in [-0.2, -0.15) is 0 Å². The second kappa shape index (κ2) is 4.02. The molecule has 0 radical (unpaired) electrons. The minimum absolute atomic E-state index is 0.179. The summed E-state index contributed by atoms with van der Waals surface area (Å²) in [6.07, 6.45) is 1.97. The Balaban J connectivity index is 1.65. The van der Waals surface area contributed by atoms with Crippen LogP contribution < -0.4 is 0 Å². The summed E-state index contributed by atoms with van der Waals surface area (Å²) >= 11 is 0. The fraction of sp³-hybridized carbons (Fsp3) is 0.500. The highest BCUT2D eigenvalue weighted by Crippen LogP contribution is 2.49. The van der Waals surface area contributed by atoms with Crippen molar-refractivity contribution < 1.29 is 9.53 Å². The molecule has 2 nitrogen and oxygen atoms in total. The second-order valence-electron chi connectivity index (χ2n) is 4.82. The minimum Gasteiger partial charge on any atom is -0.381 e. The number of rotatable bonds is 3. The average Bonchev–Trinajstić information content (AvgIpc) is 2.95. The average molecular weight is 216 g/mol. The largest absolute Gasteiger partial charge is 0.381 e. The highest BCUT2D eigenvalue weighted by Gasteiger charge is 2.46. The lowest BCUT2D eigenvalue weighted by Crippen LogP contribution is -2.16. The smallest absolute Gasteiger partial charge is 0.142 e. The predicted octanol–water partition coefficient (Wildman–Crippen LogP) is 2.40. The third-order valence-corrected chi connectivity index (χ3v) is 3.72. The molecule has 1 aliphatic heterocycles. The third-order valence-electron chi connectivity index (χ3n) is 3.72. The van der Waals surface area contributed by atoms with E-state index in [2.05, 4.69) is 12.1 Å². The molecule has 2 aliphatic rings. The van der Waals surface area contributed by atoms with Gasteiger partial charge in [0.25, 0.3) is 0 Å². The van der Waals surface area contributed by atoms with E-state index in [0.29, 0.717) is 18.3 Å². The van der Waals surface area contributed by atoms with Gasteiger partial charge < -0.3 is 4.74 Å². The molecule has 3 rings (SSSR count). The summed E-state index contributed by atoms with van der Waals surface area (Å²) in [7, 11) is 0. The molecule has 1 saturated carbocycles. The van der Waals surface area contributed by atoms with Gasteiger partial charge >= 0.3 is 0 Å². The second-order valence-corrected chi connectivity index (χ2v) is 4.82. The summed E-state index contributed by atoms with van der Waals surface area (Å²) in [4.78, 5) is 12.1. The van der Waals surface area contributed by atoms with Crippen LogP contribution in [-0.4, -0.2) is 19.0 Å². The van der Waals surface area contributed by atoms with E-state index < -0.39 is 0 Å². The fourth-order valence-corrected chi connectivity index (χ4v) is 2.64. The van der Waals surface area contributed by atoms with Crippen molar-refractivity contribution in [3.63, 3.8) is 0 Å². The number of carbonyl (C=O) groups is 1. The van der Waals surface area contributed by atoms with Crippen LogP contribution in [-0.2, 0) is 9.53 Å². The number of benzene rings is 1. The Morgan fingerprint density at radius 3 is 2.75 bits per heavy atom. The first-order chi connectivity index (χ1) is 7.86. The van der Waals surface area contributed by atoms with Gasteiger partial charge in [0, 0.05) is 18.4 Å². The zero-order valence-corrected chi connectivity index (χ0v) is 9.26. The van der Waals surface area contributed by atoms with Gasteiger partial charge in [-0.1, -0.05) is 30.3 Å². The molecule has 0 spiro atoms. The summed E-state index contributed by atoms with van der Waals surface area (Å²) in [5.41, 5.74) is 1.32. The van der Waals surface area contributed by atoms with E-state index in [1.807, 2.05) is 18.2 Å². The van der Waals surface area contributed by atoms with Crippen LogP contribution in [0.5, 0.6) is 0 Å². The Labute approximate surface area is 95.6 Å². The van der Waals surface area contributed by atoms with E-state index >= 15 is 0 Å². The lowest BCUT2D eigenvalue weighted by molar-refractivity contribution is -0.124. The van der Waals surface area contributed by atoms with Gasteiger partial charge in [0.15, 0.2) is 0 Å². The first-order valence-corrected chi connectivity index (χ1v) is 6.02. The lowest BCUT2D eigenvalue weighted by atomic mass is 9.97. The van der Waals surface area contributed by atoms with Crippen LogP contribution in [0.3, 0.4) is 0 Å². The summed E-state index contributed by atoms with van der Waals surface area (Å²) < 4.78 is 5.28. The van der Waals surface area contributed by atoms with Crippen LogP contribution in [0.25, 0.3) is 0 Å². The van der Waals surface area contributed by atoms with Gasteiger partial charge in [-0.05, 0) is 24.3 Å². The Morgan fingerprint density at radius 1 is 1.25 bits per heavy atom. The van der Waals surface area contributed by atoms with E-state index in [1.165, 1.54) is 5.56 Å². The van der Waals surface area contributed by atoms with Gasteiger partial charge in [0.2, 0.25) is 0 Å². The molecule has 0 aromatic heterocycles. The highest BCUT2D eigenvalue weighted by molar-refractivity contribution is 5.87. The maximum Gasteiger partial charge on any atom is 0.142 e. The molecule has 0 bridgehead atoms. The Kier molecular flexibility index (Phi) is 2.52. The molecule has 1 aromatic rings. The number of ether oxygens (including phenoxy) is 1. The summed E-state index contributed by atoms with van der Waals surface area (Å²) in [5, 5.41) is 0. The van der Waals surface area contributed by atoms with Crippen molar-refractivity contribution in [1.82, 2.24) is 0 Å². The van der Waals surface area contributed by atoms with E-state index in [-0.39, 0.29) is 11.8 Å². The normalized spacial score (nSPS) is 32.6. The molecule has 16 heavy (non-hydrogen) atoms. The van der Waals surface area contributed by atoms with Crippen molar-refractivity contribution in [3.8, 4) is 0 Å². The number of hydrogen-bond acceptors (Lipinski definition) is 2. The van der Waals surface area contributed by atoms with Crippen molar-refractivity contribution in [2.75, 3.05) is 13.2 Å². The van der Waals surface area contributed by atoms with Crippen LogP contribution in [0.2, 0.25) is 0 Å². The quantitative estimate of drug-likeness (QED) is 0.775. The number of carbonyl (C=O) groups excluding carboxylic acids is 1. The highest BCUT2D eigenvalue weighted by atomic mass is 16.5. The SMILES string of the molecule is O=C(C1CCOC1)C1CC1c1ccccc1. The number of hydrogen-bond donors (Lipinski definition) is 0. The molecule has 1 aromatic carbocycles. The van der Waals surface area contributed by atoms with Crippen LogP contribution >= 0.6 is 0 Å². The van der Waals surface area contributed by atoms with Gasteiger partial charge in [-0.15, -0.1) is 0 Å². The van der Waals surface area contributed by atoms with Gasteiger partial charge in [-0.25, -0.2) is 0 Å². The zero-order chi connectivity index (χ0) is 11.0. The molecular formula is C14H16O2. The van der Waals surface area contributed by atoms with Crippen LogP contribution in [0.4, 0.5) is 0 Å². The van der Waals surface area contributed by atoms with Gasteiger partial charge in [0.05, 0.1) is 6.61 Å². The monoisotopic (exact) mass is 216 g/mol. The zero-order valence-electron chi connectivity index (χ0n) is 9.26. The van der Waals surface area contributed by atoms with E-state index in [0.717, 1.165) is 19.4 Å². The first-order valence-electron chi connectivity index (χ1n) is 6.02. The molecule has 0 N–H and O–H groups in total. The van der Waals surface area contributed by atoms with Crippen molar-refractivity contribution in [3.05, 3.63) is 35.9 Å². The van der Waals surface area contributed by atoms with E-state index in [4.69, 9.17) is 4.74 Å². The molecule has 1 aliphatic carbocycles. The Bertz CT molecular complexity index is 379. The number of Topliss-reactive ketones (excluding diaryl/α,β-unsaturated/α-hetero) is 1. The molecule has 2 heteroatoms. The summed E-state index contributed by atoms with van der Waals surface area (Å²) in [5.74, 6) is 1.37. The molecule has 2 fully saturated rings. The van der Waals surface area contributed by atoms with Crippen LogP contribution in [0, 0.1) is 11.8 Å². The van der Waals surface area contributed by atoms with E-state index in [9.17, 15) is 4.79 Å². The maximum atomic E-state index is 12.1. The van der Waals surface area contributed by atoms with Crippen molar-refractivity contribution in [2.24, 2.45) is 11.8 Å². The predicted molar refractivity (Wildman–Crippen MR) is 61.2 cm³/mol. The third kappa shape index (κ3) is 1.78. The molecular weight excluding hydrogens is 200 g/mol. The minimum atomic E-state index is 0.179. The van der Waals surface area contributed by atoms with Crippen LogP contribution in [0.1, 0.15) is 24.3 Å². The fourth-order valence-electron chi connectivity index (χ4n) is 2.64. The van der Waals surface area contributed by atoms with Gasteiger partial charge in [-0.3, -0.25) is 4.79 Å². The molecule has 3 unspecified atom stereocenters. The molecule has 1 heterocycles. The lowest BCUT2D eigenvalue weighted by Gasteiger charge is -2.05. The molecule has 0 amide bonds. The van der Waals surface area contributed by atoms with Crippen molar-refractivity contribution in [2.45, 2.75) is 18.8 Å². The molecule has 84 valence electrons. The Hall–Kier alpha value is -1.15. The summed E-state index contributed by atoms with van der Waals surface area (Å²) in [6.45, 7) is 1.41. The van der Waals surface area contributed by atoms with E-state index in [1.54, 1.807) is 0 Å². The Morgan fingerprint density at radius 2 is 2.06 bits per heavy atom. The maximum absolute atomic E-state index is 12.1. The van der Waals surface area contributed by atoms with Crippen LogP contribution in [0.15, 0.2) is 30.3 Å². The first kappa shape index (κ1) is 10.0. The topological polar surface area (TPSA) is 26.3 Å². The molecule has 1 saturated heterocycles. The van der Waals surface area contributed by atoms with Gasteiger partial charge in [0.1, 0.15) is 5.78 Å². The van der Waals surface area contributed by atoms with Crippen molar-refractivity contribution >= 4 is 5.78 Å². The standard InChI is InChI=1S/C14H16O2/c15-14(11-6-7-16-9-11)13-8-12(13)10-4-2-1-3-5-10/h1-5,11-13H,6-9H2. The van der Waals surface area contributed by atoms with Crippen molar-refractivity contribution in [1.29, 1.82) is 0 Å². The summed E-state index contributed by atoms with van der Waals surface area (Å²) in [6, 6.07) is 10.4. The number of ketones is 1.